The molecule has 0 unspecified atom stereocenters. The van der Waals surface area contributed by atoms with Crippen molar-refractivity contribution in [2.75, 3.05) is 57.4 Å². The van der Waals surface area contributed by atoms with Gasteiger partial charge in [0.1, 0.15) is 5.82 Å². The second kappa shape index (κ2) is 6.80. The Labute approximate surface area is 137 Å². The Morgan fingerprint density at radius 2 is 1.67 bits per heavy atom. The standard InChI is InChI=1S/C14H18F3N5O2/c15-14(16,17)12-18-2-1-11(19-12)20-3-5-21(6-4-20)13(23)22-7-9-24-10-8-22/h1-2H,3-10H2. The van der Waals surface area contributed by atoms with Crippen LogP contribution >= 0.6 is 0 Å². The van der Waals surface area contributed by atoms with E-state index in [1.807, 2.05) is 0 Å². The van der Waals surface area contributed by atoms with Crippen LogP contribution in [0.4, 0.5) is 23.8 Å². The van der Waals surface area contributed by atoms with Gasteiger partial charge in [-0.25, -0.2) is 14.8 Å². The maximum absolute atomic E-state index is 12.7. The fraction of sp³-hybridized carbons (Fsp3) is 0.643. The van der Waals surface area contributed by atoms with Gasteiger partial charge in [-0.1, -0.05) is 0 Å². The van der Waals surface area contributed by atoms with E-state index in [0.29, 0.717) is 52.5 Å². The Balaban J connectivity index is 1.60. The fourth-order valence-electron chi connectivity index (χ4n) is 2.74. The van der Waals surface area contributed by atoms with E-state index in [0.717, 1.165) is 6.20 Å². The molecular weight excluding hydrogens is 327 g/mol. The molecule has 0 spiro atoms. The highest BCUT2D eigenvalue weighted by Gasteiger charge is 2.35. The molecule has 10 heteroatoms. The van der Waals surface area contributed by atoms with Gasteiger partial charge in [0.05, 0.1) is 13.2 Å². The number of carbonyl (C=O) groups excluding carboxylic acids is 1. The molecule has 1 aromatic heterocycles. The first-order valence-electron chi connectivity index (χ1n) is 7.72. The number of morpholine rings is 1. The van der Waals surface area contributed by atoms with Crippen molar-refractivity contribution in [1.29, 1.82) is 0 Å². The molecule has 0 atom stereocenters. The number of urea groups is 1. The average Bonchev–Trinajstić information content (AvgIpc) is 2.61. The van der Waals surface area contributed by atoms with Gasteiger partial charge in [0.15, 0.2) is 0 Å². The molecule has 1 aromatic rings. The SMILES string of the molecule is O=C(N1CCOCC1)N1CCN(c2ccnc(C(F)(F)F)n2)CC1. The lowest BCUT2D eigenvalue weighted by molar-refractivity contribution is -0.144. The Hall–Kier alpha value is -2.10. The summed E-state index contributed by atoms with van der Waals surface area (Å²) in [6, 6.07) is 1.41. The number of ether oxygens (including phenoxy) is 1. The molecule has 24 heavy (non-hydrogen) atoms. The van der Waals surface area contributed by atoms with Crippen LogP contribution in [0.3, 0.4) is 0 Å². The largest absolute Gasteiger partial charge is 0.451 e. The number of anilines is 1. The molecule has 0 saturated carbocycles. The second-order valence-electron chi connectivity index (χ2n) is 5.59. The van der Waals surface area contributed by atoms with E-state index in [9.17, 15) is 18.0 Å². The van der Waals surface area contributed by atoms with Crippen molar-refractivity contribution in [2.45, 2.75) is 6.18 Å². The summed E-state index contributed by atoms with van der Waals surface area (Å²) in [6.07, 6.45) is -3.46. The molecule has 2 saturated heterocycles. The van der Waals surface area contributed by atoms with Crippen molar-refractivity contribution in [1.82, 2.24) is 19.8 Å². The van der Waals surface area contributed by atoms with E-state index in [-0.39, 0.29) is 11.8 Å². The summed E-state index contributed by atoms with van der Waals surface area (Å²) in [5.41, 5.74) is 0. The van der Waals surface area contributed by atoms with E-state index in [4.69, 9.17) is 4.74 Å². The highest BCUT2D eigenvalue weighted by molar-refractivity contribution is 5.75. The van der Waals surface area contributed by atoms with Crippen LogP contribution in [0, 0.1) is 0 Å². The van der Waals surface area contributed by atoms with Gasteiger partial charge in [-0.05, 0) is 6.07 Å². The summed E-state index contributed by atoms with van der Waals surface area (Å²) in [7, 11) is 0. The van der Waals surface area contributed by atoms with Gasteiger partial charge in [-0.15, -0.1) is 0 Å². The lowest BCUT2D eigenvalue weighted by Crippen LogP contribution is -2.55. The lowest BCUT2D eigenvalue weighted by Gasteiger charge is -2.38. The van der Waals surface area contributed by atoms with E-state index in [1.165, 1.54) is 6.07 Å². The van der Waals surface area contributed by atoms with Crippen molar-refractivity contribution in [2.24, 2.45) is 0 Å². The molecular formula is C14H18F3N5O2. The van der Waals surface area contributed by atoms with Crippen LogP contribution in [-0.2, 0) is 10.9 Å². The van der Waals surface area contributed by atoms with Gasteiger partial charge < -0.3 is 19.4 Å². The summed E-state index contributed by atoms with van der Waals surface area (Å²) in [5.74, 6) is -0.914. The third-order valence-electron chi connectivity index (χ3n) is 4.05. The van der Waals surface area contributed by atoms with Crippen LogP contribution in [-0.4, -0.2) is 78.3 Å². The maximum atomic E-state index is 12.7. The number of hydrogen-bond acceptors (Lipinski definition) is 5. The number of nitrogens with zero attached hydrogens (tertiary/aromatic N) is 5. The smallest absolute Gasteiger partial charge is 0.378 e. The molecule has 132 valence electrons. The maximum Gasteiger partial charge on any atom is 0.451 e. The van der Waals surface area contributed by atoms with Gasteiger partial charge in [0.25, 0.3) is 0 Å². The number of alkyl halides is 3. The molecule has 2 amide bonds. The number of amides is 2. The number of carbonyl (C=O) groups is 1. The predicted octanol–water partition coefficient (Wildman–Crippen LogP) is 1.07. The van der Waals surface area contributed by atoms with Crippen molar-refractivity contribution >= 4 is 11.8 Å². The van der Waals surface area contributed by atoms with Crippen LogP contribution < -0.4 is 4.90 Å². The fourth-order valence-corrected chi connectivity index (χ4v) is 2.74. The van der Waals surface area contributed by atoms with Crippen LogP contribution in [0.2, 0.25) is 0 Å². The highest BCUT2D eigenvalue weighted by Crippen LogP contribution is 2.27. The summed E-state index contributed by atoms with van der Waals surface area (Å²) in [6.45, 7) is 3.97. The first-order chi connectivity index (χ1) is 11.4. The summed E-state index contributed by atoms with van der Waals surface area (Å²) in [5, 5.41) is 0. The third-order valence-corrected chi connectivity index (χ3v) is 4.05. The number of rotatable bonds is 1. The Bertz CT molecular complexity index is 584. The van der Waals surface area contributed by atoms with E-state index >= 15 is 0 Å². The minimum atomic E-state index is -4.57. The third kappa shape index (κ3) is 3.69. The zero-order chi connectivity index (χ0) is 17.2. The van der Waals surface area contributed by atoms with Crippen LogP contribution in [0.1, 0.15) is 5.82 Å². The van der Waals surface area contributed by atoms with Crippen molar-refractivity contribution in [3.8, 4) is 0 Å². The first kappa shape index (κ1) is 16.7. The quantitative estimate of drug-likeness (QED) is 0.762. The summed E-state index contributed by atoms with van der Waals surface area (Å²) >= 11 is 0. The van der Waals surface area contributed by atoms with Gasteiger partial charge in [0, 0.05) is 45.5 Å². The normalized spacial score (nSPS) is 19.5. The zero-order valence-electron chi connectivity index (χ0n) is 13.0. The Morgan fingerprint density at radius 3 is 2.29 bits per heavy atom. The molecule has 0 aliphatic carbocycles. The van der Waals surface area contributed by atoms with Crippen molar-refractivity contribution < 1.29 is 22.7 Å². The van der Waals surface area contributed by atoms with E-state index in [1.54, 1.807) is 14.7 Å². The molecule has 7 nitrogen and oxygen atoms in total. The zero-order valence-corrected chi connectivity index (χ0v) is 13.0. The number of piperazine rings is 1. The summed E-state index contributed by atoms with van der Waals surface area (Å²) in [4.78, 5) is 24.4. The molecule has 2 fully saturated rings. The Morgan fingerprint density at radius 1 is 1.04 bits per heavy atom. The monoisotopic (exact) mass is 345 g/mol. The molecule has 0 bridgehead atoms. The first-order valence-corrected chi connectivity index (χ1v) is 7.72. The van der Waals surface area contributed by atoms with Gasteiger partial charge in [0.2, 0.25) is 5.82 Å². The topological polar surface area (TPSA) is 61.8 Å². The number of halogens is 3. The number of aromatic nitrogens is 2. The van der Waals surface area contributed by atoms with Gasteiger partial charge in [-0.3, -0.25) is 0 Å². The molecule has 2 aliphatic rings. The van der Waals surface area contributed by atoms with E-state index < -0.39 is 12.0 Å². The van der Waals surface area contributed by atoms with Crippen LogP contribution in [0.25, 0.3) is 0 Å². The van der Waals surface area contributed by atoms with Crippen molar-refractivity contribution in [3.63, 3.8) is 0 Å². The Kier molecular flexibility index (Phi) is 4.74. The average molecular weight is 345 g/mol. The van der Waals surface area contributed by atoms with Gasteiger partial charge >= 0.3 is 12.2 Å². The van der Waals surface area contributed by atoms with Crippen LogP contribution in [0.5, 0.6) is 0 Å². The summed E-state index contributed by atoms with van der Waals surface area (Å²) < 4.78 is 43.3. The van der Waals surface area contributed by atoms with Crippen LogP contribution in [0.15, 0.2) is 12.3 Å². The molecule has 2 aliphatic heterocycles. The van der Waals surface area contributed by atoms with E-state index in [2.05, 4.69) is 9.97 Å². The molecule has 0 radical (unpaired) electrons. The molecule has 3 rings (SSSR count). The molecule has 3 heterocycles. The van der Waals surface area contributed by atoms with Crippen molar-refractivity contribution in [3.05, 3.63) is 18.1 Å². The predicted molar refractivity (Wildman–Crippen MR) is 78.6 cm³/mol. The minimum absolute atomic E-state index is 0.0448. The molecule has 0 aromatic carbocycles. The highest BCUT2D eigenvalue weighted by atomic mass is 19.4. The molecule has 0 N–H and O–H groups in total. The minimum Gasteiger partial charge on any atom is -0.378 e. The second-order valence-corrected chi connectivity index (χ2v) is 5.59. The lowest BCUT2D eigenvalue weighted by atomic mass is 10.3. The van der Waals surface area contributed by atoms with Gasteiger partial charge in [-0.2, -0.15) is 13.2 Å². The number of hydrogen-bond donors (Lipinski definition) is 0.